The van der Waals surface area contributed by atoms with E-state index in [-0.39, 0.29) is 18.1 Å². The fourth-order valence-corrected chi connectivity index (χ4v) is 2.56. The van der Waals surface area contributed by atoms with Gasteiger partial charge in [0.25, 0.3) is 5.91 Å². The van der Waals surface area contributed by atoms with Crippen LogP contribution in [0.1, 0.15) is 28.2 Å². The second-order valence-corrected chi connectivity index (χ2v) is 5.53. The Labute approximate surface area is 139 Å². The van der Waals surface area contributed by atoms with Gasteiger partial charge in [-0.15, -0.1) is 0 Å². The normalized spacial score (nSPS) is 20.3. The number of hydrogen-bond donors (Lipinski definition) is 2. The number of amides is 1. The van der Waals surface area contributed by atoms with Gasteiger partial charge in [-0.3, -0.25) is 9.78 Å². The number of rotatable bonds is 5. The Morgan fingerprint density at radius 2 is 2.46 bits per heavy atom. The molecule has 0 aliphatic carbocycles. The lowest BCUT2D eigenvalue weighted by Crippen LogP contribution is -2.50. The molecule has 0 spiro atoms. The summed E-state index contributed by atoms with van der Waals surface area (Å²) in [5, 5.41) is 11.7. The van der Waals surface area contributed by atoms with Crippen LogP contribution < -0.4 is 5.32 Å². The van der Waals surface area contributed by atoms with Crippen LogP contribution in [0, 0.1) is 11.3 Å². The summed E-state index contributed by atoms with van der Waals surface area (Å²) in [5.41, 5.74) is 1.61. The summed E-state index contributed by atoms with van der Waals surface area (Å²) in [7, 11) is 0. The van der Waals surface area contributed by atoms with Crippen LogP contribution in [0.5, 0.6) is 0 Å². The number of nitriles is 1. The predicted molar refractivity (Wildman–Crippen MR) is 85.0 cm³/mol. The second kappa shape index (κ2) is 7.73. The highest BCUT2D eigenvalue weighted by Gasteiger charge is 2.28. The molecule has 3 rings (SSSR count). The van der Waals surface area contributed by atoms with Crippen molar-refractivity contribution in [1.29, 1.82) is 5.26 Å². The lowest BCUT2D eigenvalue weighted by Gasteiger charge is -2.31. The van der Waals surface area contributed by atoms with Crippen molar-refractivity contribution in [2.24, 2.45) is 0 Å². The van der Waals surface area contributed by atoms with Crippen LogP contribution >= 0.6 is 0 Å². The second-order valence-electron chi connectivity index (χ2n) is 5.53. The first-order chi connectivity index (χ1) is 11.8. The third-order valence-electron chi connectivity index (χ3n) is 3.84. The van der Waals surface area contributed by atoms with E-state index in [1.54, 1.807) is 6.20 Å². The molecule has 24 heavy (non-hydrogen) atoms. The molecular weight excluding hydrogens is 308 g/mol. The third kappa shape index (κ3) is 3.98. The zero-order valence-corrected chi connectivity index (χ0v) is 13.1. The first-order valence-corrected chi connectivity index (χ1v) is 7.75. The number of nitrogens with one attached hydrogen (secondary N) is 2. The Kier molecular flexibility index (Phi) is 5.21. The Bertz CT molecular complexity index is 723. The highest BCUT2D eigenvalue weighted by molar-refractivity contribution is 5.93. The van der Waals surface area contributed by atoms with Crippen molar-refractivity contribution in [3.63, 3.8) is 0 Å². The van der Waals surface area contributed by atoms with Crippen molar-refractivity contribution >= 4 is 5.91 Å². The highest BCUT2D eigenvalue weighted by atomic mass is 16.5. The first-order valence-electron chi connectivity index (χ1n) is 7.75. The molecule has 0 aromatic carbocycles. The predicted octanol–water partition coefficient (Wildman–Crippen LogP) is 1.39. The number of carbonyl (C=O) groups is 1. The standard InChI is InChI=1S/C17H18N4O3/c18-8-12-7-14(20-9-12)17(22)21-15-11-23-6-4-16(15)24-10-13-3-1-2-5-19-13/h1-3,5,7,9,15-16,20H,4,6,10-11H2,(H,21,22)/t15-,16-/m1/s1. The Morgan fingerprint density at radius 3 is 3.21 bits per heavy atom. The van der Waals surface area contributed by atoms with Crippen LogP contribution in [-0.2, 0) is 16.1 Å². The largest absolute Gasteiger partial charge is 0.379 e. The highest BCUT2D eigenvalue weighted by Crippen LogP contribution is 2.15. The monoisotopic (exact) mass is 326 g/mol. The lowest BCUT2D eigenvalue weighted by atomic mass is 10.1. The maximum absolute atomic E-state index is 12.3. The molecule has 3 heterocycles. The van der Waals surface area contributed by atoms with Gasteiger partial charge in [0.2, 0.25) is 0 Å². The van der Waals surface area contributed by atoms with Gasteiger partial charge in [0.15, 0.2) is 0 Å². The van der Waals surface area contributed by atoms with E-state index in [1.807, 2.05) is 24.3 Å². The van der Waals surface area contributed by atoms with Gasteiger partial charge in [-0.1, -0.05) is 6.07 Å². The Hall–Kier alpha value is -2.69. The van der Waals surface area contributed by atoms with Gasteiger partial charge in [0, 0.05) is 19.0 Å². The molecule has 0 unspecified atom stereocenters. The van der Waals surface area contributed by atoms with E-state index in [9.17, 15) is 4.79 Å². The topological polar surface area (TPSA) is 100 Å². The van der Waals surface area contributed by atoms with Gasteiger partial charge >= 0.3 is 0 Å². The van der Waals surface area contributed by atoms with Crippen molar-refractivity contribution in [3.8, 4) is 6.07 Å². The molecule has 2 N–H and O–H groups in total. The number of nitrogens with zero attached hydrogens (tertiary/aromatic N) is 2. The number of pyridine rings is 1. The number of aromatic amines is 1. The van der Waals surface area contributed by atoms with Crippen LogP contribution in [0.25, 0.3) is 0 Å². The Balaban J connectivity index is 1.59. The van der Waals surface area contributed by atoms with Gasteiger partial charge in [-0.05, 0) is 24.6 Å². The molecule has 1 saturated heterocycles. The smallest absolute Gasteiger partial charge is 0.268 e. The quantitative estimate of drug-likeness (QED) is 0.865. The van der Waals surface area contributed by atoms with E-state index in [0.29, 0.717) is 37.5 Å². The van der Waals surface area contributed by atoms with Crippen molar-refractivity contribution in [3.05, 3.63) is 53.6 Å². The van der Waals surface area contributed by atoms with Gasteiger partial charge in [-0.2, -0.15) is 5.26 Å². The van der Waals surface area contributed by atoms with Crippen molar-refractivity contribution in [1.82, 2.24) is 15.3 Å². The van der Waals surface area contributed by atoms with Crippen LogP contribution in [0.3, 0.4) is 0 Å². The van der Waals surface area contributed by atoms with Gasteiger partial charge in [0.05, 0.1) is 36.6 Å². The summed E-state index contributed by atoms with van der Waals surface area (Å²) in [6.45, 7) is 1.38. The molecule has 124 valence electrons. The average Bonchev–Trinajstić information content (AvgIpc) is 3.11. The number of H-pyrrole nitrogens is 1. The molecule has 1 aliphatic rings. The van der Waals surface area contributed by atoms with E-state index in [2.05, 4.69) is 15.3 Å². The van der Waals surface area contributed by atoms with Crippen LogP contribution in [0.15, 0.2) is 36.7 Å². The number of carbonyl (C=O) groups excluding carboxylic acids is 1. The van der Waals surface area contributed by atoms with Crippen molar-refractivity contribution < 1.29 is 14.3 Å². The number of hydrogen-bond acceptors (Lipinski definition) is 5. The van der Waals surface area contributed by atoms with E-state index in [4.69, 9.17) is 14.7 Å². The van der Waals surface area contributed by atoms with Crippen LogP contribution in [-0.4, -0.2) is 41.2 Å². The molecule has 0 radical (unpaired) electrons. The minimum Gasteiger partial charge on any atom is -0.379 e. The molecular formula is C17H18N4O3. The maximum atomic E-state index is 12.3. The summed E-state index contributed by atoms with van der Waals surface area (Å²) < 4.78 is 11.4. The first kappa shape index (κ1) is 16.2. The fourth-order valence-electron chi connectivity index (χ4n) is 2.56. The van der Waals surface area contributed by atoms with Crippen LogP contribution in [0.2, 0.25) is 0 Å². The minimum atomic E-state index is -0.279. The summed E-state index contributed by atoms with van der Waals surface area (Å²) in [4.78, 5) is 19.3. The third-order valence-corrected chi connectivity index (χ3v) is 3.84. The van der Waals surface area contributed by atoms with E-state index in [0.717, 1.165) is 5.69 Å². The number of aromatic nitrogens is 2. The molecule has 2 atom stereocenters. The van der Waals surface area contributed by atoms with E-state index in [1.165, 1.54) is 12.3 Å². The summed E-state index contributed by atoms with van der Waals surface area (Å²) in [6, 6.07) is 8.92. The van der Waals surface area contributed by atoms with Gasteiger partial charge < -0.3 is 19.8 Å². The molecule has 1 fully saturated rings. The zero-order chi connectivity index (χ0) is 16.8. The van der Waals surface area contributed by atoms with Gasteiger partial charge in [0.1, 0.15) is 11.8 Å². The molecule has 2 aromatic rings. The fraction of sp³-hybridized carbons (Fsp3) is 0.353. The molecule has 0 bridgehead atoms. The molecule has 7 heteroatoms. The van der Waals surface area contributed by atoms with Crippen molar-refractivity contribution in [2.45, 2.75) is 25.2 Å². The van der Waals surface area contributed by atoms with E-state index < -0.39 is 0 Å². The Morgan fingerprint density at radius 1 is 1.54 bits per heavy atom. The maximum Gasteiger partial charge on any atom is 0.268 e. The van der Waals surface area contributed by atoms with Crippen molar-refractivity contribution in [2.75, 3.05) is 13.2 Å². The average molecular weight is 326 g/mol. The molecule has 0 saturated carbocycles. The molecule has 7 nitrogen and oxygen atoms in total. The summed E-state index contributed by atoms with van der Waals surface area (Å²) in [5.74, 6) is -0.279. The minimum absolute atomic E-state index is 0.143. The number of ether oxygens (including phenoxy) is 2. The summed E-state index contributed by atoms with van der Waals surface area (Å²) >= 11 is 0. The SMILES string of the molecule is N#Cc1c[nH]c(C(=O)N[C@@H]2COCC[C@H]2OCc2ccccn2)c1. The van der Waals surface area contributed by atoms with Gasteiger partial charge in [-0.25, -0.2) is 0 Å². The molecule has 1 aliphatic heterocycles. The zero-order valence-electron chi connectivity index (χ0n) is 13.1. The molecule has 2 aromatic heterocycles. The lowest BCUT2D eigenvalue weighted by molar-refractivity contribution is -0.0613. The van der Waals surface area contributed by atoms with Crippen LogP contribution in [0.4, 0.5) is 0 Å². The van der Waals surface area contributed by atoms with E-state index >= 15 is 0 Å². The summed E-state index contributed by atoms with van der Waals surface area (Å²) in [6.07, 6.45) is 3.78. The molecule has 1 amide bonds.